The van der Waals surface area contributed by atoms with Crippen molar-refractivity contribution >= 4 is 22.7 Å². The second kappa shape index (κ2) is 9.79. The lowest BCUT2D eigenvalue weighted by Crippen LogP contribution is -2.43. The van der Waals surface area contributed by atoms with Crippen molar-refractivity contribution in [2.45, 2.75) is 34.5 Å². The molecule has 0 saturated carbocycles. The van der Waals surface area contributed by atoms with E-state index in [1.165, 1.54) is 59.9 Å². The highest BCUT2D eigenvalue weighted by Gasteiger charge is 2.51. The molecule has 2 heteroatoms. The van der Waals surface area contributed by atoms with E-state index in [0.717, 1.165) is 16.5 Å². The lowest BCUT2D eigenvalue weighted by molar-refractivity contribution is 0.549. The lowest BCUT2D eigenvalue weighted by atomic mass is 9.54. The number of pyridine rings is 1. The van der Waals surface area contributed by atoms with E-state index in [4.69, 9.17) is 4.98 Å². The molecule has 2 aliphatic rings. The molecule has 0 bridgehead atoms. The van der Waals surface area contributed by atoms with Crippen LogP contribution in [0.3, 0.4) is 0 Å². The highest BCUT2D eigenvalue weighted by atomic mass is 32.2. The molecule has 1 aliphatic heterocycles. The fourth-order valence-corrected chi connectivity index (χ4v) is 9.24. The van der Waals surface area contributed by atoms with Gasteiger partial charge in [0.05, 0.1) is 10.9 Å². The minimum atomic E-state index is -0.394. The zero-order valence-corrected chi connectivity index (χ0v) is 26.1. The van der Waals surface area contributed by atoms with E-state index >= 15 is 0 Å². The summed E-state index contributed by atoms with van der Waals surface area (Å²) in [7, 11) is 0. The average molecular weight is 594 g/mol. The van der Waals surface area contributed by atoms with Crippen LogP contribution in [0.4, 0.5) is 0 Å². The zero-order valence-electron chi connectivity index (χ0n) is 25.3. The Labute approximate surface area is 268 Å². The first kappa shape index (κ1) is 26.5. The molecule has 9 rings (SSSR count). The fraction of sp³-hybridized carbons (Fsp3) is 0.0930. The van der Waals surface area contributed by atoms with Crippen LogP contribution in [0.15, 0.2) is 162 Å². The largest absolute Gasteiger partial charge is 0.256 e. The van der Waals surface area contributed by atoms with Crippen LogP contribution in [0.25, 0.3) is 33.2 Å². The van der Waals surface area contributed by atoms with E-state index in [1.807, 2.05) is 24.0 Å². The average Bonchev–Trinajstić information content (AvgIpc) is 3.10. The van der Waals surface area contributed by atoms with Crippen LogP contribution in [0.1, 0.15) is 47.2 Å². The molecule has 7 aromatic rings. The molecule has 0 atom stereocenters. The van der Waals surface area contributed by atoms with Crippen molar-refractivity contribution < 1.29 is 0 Å². The highest BCUT2D eigenvalue weighted by molar-refractivity contribution is 7.99. The molecule has 1 aliphatic carbocycles. The Hall–Kier alpha value is -4.92. The highest BCUT2D eigenvalue weighted by Crippen LogP contribution is 2.61. The van der Waals surface area contributed by atoms with Gasteiger partial charge < -0.3 is 0 Å². The van der Waals surface area contributed by atoms with Crippen molar-refractivity contribution in [3.8, 4) is 22.3 Å². The molecule has 0 saturated heterocycles. The third-order valence-corrected chi connectivity index (χ3v) is 11.2. The molecule has 0 radical (unpaired) electrons. The molecular formula is C43H31NS. The van der Waals surface area contributed by atoms with Crippen molar-refractivity contribution in [3.63, 3.8) is 0 Å². The van der Waals surface area contributed by atoms with Crippen LogP contribution in [0.5, 0.6) is 0 Å². The zero-order chi connectivity index (χ0) is 30.2. The van der Waals surface area contributed by atoms with Gasteiger partial charge in [0.25, 0.3) is 0 Å². The number of aromatic nitrogens is 1. The van der Waals surface area contributed by atoms with Crippen molar-refractivity contribution in [1.29, 1.82) is 0 Å². The second-order valence-electron chi connectivity index (χ2n) is 12.7. The Bertz CT molecular complexity index is 2240. The predicted octanol–water partition coefficient (Wildman–Crippen LogP) is 11.1. The third kappa shape index (κ3) is 3.73. The molecule has 0 fully saturated rings. The van der Waals surface area contributed by atoms with Gasteiger partial charge in [-0.1, -0.05) is 147 Å². The van der Waals surface area contributed by atoms with Crippen LogP contribution in [0, 0.1) is 0 Å². The van der Waals surface area contributed by atoms with E-state index < -0.39 is 5.41 Å². The quantitative estimate of drug-likeness (QED) is 0.198. The number of benzene rings is 6. The maximum Gasteiger partial charge on any atom is 0.0780 e. The first-order chi connectivity index (χ1) is 22.1. The molecule has 1 aromatic heterocycles. The van der Waals surface area contributed by atoms with Gasteiger partial charge in [0.1, 0.15) is 0 Å². The summed E-state index contributed by atoms with van der Waals surface area (Å²) in [6.07, 6.45) is 1.88. The number of fused-ring (bicyclic) bond motifs is 9. The van der Waals surface area contributed by atoms with Crippen molar-refractivity contribution in [3.05, 3.63) is 185 Å². The summed E-state index contributed by atoms with van der Waals surface area (Å²) in [6, 6.07) is 54.0. The van der Waals surface area contributed by atoms with Crippen molar-refractivity contribution in [2.24, 2.45) is 0 Å². The molecule has 45 heavy (non-hydrogen) atoms. The van der Waals surface area contributed by atoms with E-state index in [9.17, 15) is 0 Å². The monoisotopic (exact) mass is 593 g/mol. The first-order valence-corrected chi connectivity index (χ1v) is 16.4. The number of para-hydroxylation sites is 1. The molecule has 0 unspecified atom stereocenters. The van der Waals surface area contributed by atoms with E-state index in [0.29, 0.717) is 0 Å². The van der Waals surface area contributed by atoms with Crippen LogP contribution in [0.2, 0.25) is 0 Å². The topological polar surface area (TPSA) is 12.9 Å². The van der Waals surface area contributed by atoms with Gasteiger partial charge in [0, 0.05) is 32.4 Å². The number of hydrogen-bond acceptors (Lipinski definition) is 2. The van der Waals surface area contributed by atoms with Crippen LogP contribution < -0.4 is 0 Å². The van der Waals surface area contributed by atoms with Crippen LogP contribution >= 0.6 is 11.8 Å². The molecule has 214 valence electrons. The summed E-state index contributed by atoms with van der Waals surface area (Å²) < 4.78 is 0. The van der Waals surface area contributed by atoms with Crippen LogP contribution in [-0.4, -0.2) is 4.98 Å². The van der Waals surface area contributed by atoms with Gasteiger partial charge in [0.2, 0.25) is 0 Å². The Morgan fingerprint density at radius 1 is 0.467 bits per heavy atom. The standard InChI is InChI=1S/C43H31NS/c1-42(2)33-17-3-5-19-35(33)43(36-20-6-4-18-34(36)42)37-21-7-8-22-39(37)45-40-27-30(23-24-38(40)43)29-13-9-14-31(26-29)32-16-10-12-28-15-11-25-44-41(28)32/h3-27H,1-2H3. The van der Waals surface area contributed by atoms with E-state index in [-0.39, 0.29) is 5.41 Å². The summed E-state index contributed by atoms with van der Waals surface area (Å²) in [5.74, 6) is 0. The molecular weight excluding hydrogens is 563 g/mol. The normalized spacial score (nSPS) is 15.2. The van der Waals surface area contributed by atoms with Gasteiger partial charge in [0.15, 0.2) is 0 Å². The van der Waals surface area contributed by atoms with Gasteiger partial charge >= 0.3 is 0 Å². The smallest absolute Gasteiger partial charge is 0.0780 e. The van der Waals surface area contributed by atoms with Gasteiger partial charge in [-0.05, 0) is 74.3 Å². The molecule has 1 nitrogen and oxygen atoms in total. The van der Waals surface area contributed by atoms with Crippen LogP contribution in [-0.2, 0) is 10.8 Å². The maximum absolute atomic E-state index is 4.73. The second-order valence-corrected chi connectivity index (χ2v) is 13.8. The molecule has 1 spiro atoms. The van der Waals surface area contributed by atoms with E-state index in [1.54, 1.807) is 0 Å². The summed E-state index contributed by atoms with van der Waals surface area (Å²) in [5, 5.41) is 1.16. The van der Waals surface area contributed by atoms with Gasteiger partial charge in [-0.3, -0.25) is 4.98 Å². The Kier molecular flexibility index (Phi) is 5.76. The third-order valence-electron chi connectivity index (χ3n) is 10.0. The molecule has 2 heterocycles. The van der Waals surface area contributed by atoms with Crippen molar-refractivity contribution in [2.75, 3.05) is 0 Å². The predicted molar refractivity (Wildman–Crippen MR) is 187 cm³/mol. The number of nitrogens with zero attached hydrogens (tertiary/aromatic N) is 1. The molecule has 0 N–H and O–H groups in total. The van der Waals surface area contributed by atoms with Gasteiger partial charge in [-0.25, -0.2) is 0 Å². The van der Waals surface area contributed by atoms with Gasteiger partial charge in [-0.15, -0.1) is 0 Å². The number of hydrogen-bond donors (Lipinski definition) is 0. The summed E-state index contributed by atoms with van der Waals surface area (Å²) in [5.41, 5.74) is 13.6. The SMILES string of the molecule is CC1(C)c2ccccc2C2(c3ccccc3Sc3cc(-c4cccc(-c5cccc6cccnc56)c4)ccc32)c2ccccc21. The molecule has 0 amide bonds. The Morgan fingerprint density at radius 3 is 1.84 bits per heavy atom. The molecule has 6 aromatic carbocycles. The van der Waals surface area contributed by atoms with E-state index in [2.05, 4.69) is 153 Å². The Balaban J connectivity index is 1.28. The summed E-state index contributed by atoms with van der Waals surface area (Å²) >= 11 is 1.90. The van der Waals surface area contributed by atoms with Crippen molar-refractivity contribution in [1.82, 2.24) is 4.98 Å². The lowest BCUT2D eigenvalue weighted by Gasteiger charge is -2.50. The minimum Gasteiger partial charge on any atom is -0.256 e. The minimum absolute atomic E-state index is 0.102. The Morgan fingerprint density at radius 2 is 1.07 bits per heavy atom. The maximum atomic E-state index is 4.73. The summed E-state index contributed by atoms with van der Waals surface area (Å²) in [6.45, 7) is 4.76. The first-order valence-electron chi connectivity index (χ1n) is 15.6. The summed E-state index contributed by atoms with van der Waals surface area (Å²) in [4.78, 5) is 7.36. The number of rotatable bonds is 2. The van der Waals surface area contributed by atoms with Gasteiger partial charge in [-0.2, -0.15) is 0 Å². The fourth-order valence-electron chi connectivity index (χ4n) is 8.01.